The van der Waals surface area contributed by atoms with Crippen molar-refractivity contribution < 1.29 is 14.3 Å². The summed E-state index contributed by atoms with van der Waals surface area (Å²) in [4.78, 5) is 17.3. The van der Waals surface area contributed by atoms with Crippen molar-refractivity contribution in [3.05, 3.63) is 90.2 Å². The van der Waals surface area contributed by atoms with E-state index >= 15 is 0 Å². The van der Waals surface area contributed by atoms with Gasteiger partial charge in [0.25, 0.3) is 0 Å². The number of carbonyl (C=O) groups is 1. The topological polar surface area (TPSA) is 55.8 Å². The third-order valence-electron chi connectivity index (χ3n) is 7.16. The molecule has 2 heterocycles. The van der Waals surface area contributed by atoms with Gasteiger partial charge in [-0.2, -0.15) is 0 Å². The summed E-state index contributed by atoms with van der Waals surface area (Å²) >= 11 is 0. The second kappa shape index (κ2) is 9.95. The van der Waals surface area contributed by atoms with E-state index in [2.05, 4.69) is 10.2 Å². The number of aliphatic hydroxyl groups excluding tert-OH is 1. The fourth-order valence-corrected chi connectivity index (χ4v) is 5.43. The number of hydrogen-bond donors (Lipinski definition) is 2. The number of rotatable bonds is 4. The summed E-state index contributed by atoms with van der Waals surface area (Å²) < 4.78 is 14.2. The third kappa shape index (κ3) is 4.43. The maximum atomic E-state index is 14.2. The van der Waals surface area contributed by atoms with Crippen LogP contribution in [-0.2, 0) is 0 Å². The fourth-order valence-electron chi connectivity index (χ4n) is 5.43. The number of para-hydroxylation sites is 1. The van der Waals surface area contributed by atoms with Gasteiger partial charge in [0.05, 0.1) is 6.61 Å². The predicted octanol–water partition coefficient (Wildman–Crippen LogP) is 4.95. The first-order chi connectivity index (χ1) is 16.7. The number of carbonyl (C=O) groups excluding carboxylic acids is 1. The van der Waals surface area contributed by atoms with Crippen molar-refractivity contribution in [1.29, 1.82) is 0 Å². The second-order valence-corrected chi connectivity index (χ2v) is 9.13. The van der Waals surface area contributed by atoms with Crippen molar-refractivity contribution in [2.24, 2.45) is 0 Å². The van der Waals surface area contributed by atoms with Crippen LogP contribution in [0.15, 0.2) is 78.9 Å². The Hall–Kier alpha value is -3.22. The van der Waals surface area contributed by atoms with Crippen LogP contribution in [0, 0.1) is 5.82 Å². The molecule has 176 valence electrons. The van der Waals surface area contributed by atoms with Crippen molar-refractivity contribution in [2.45, 2.75) is 30.8 Å². The Labute approximate surface area is 199 Å². The zero-order valence-electron chi connectivity index (χ0n) is 19.1. The fraction of sp³-hybridized carbons (Fsp3) is 0.321. The van der Waals surface area contributed by atoms with Crippen LogP contribution in [0.1, 0.15) is 24.3 Å². The number of benzene rings is 3. The summed E-state index contributed by atoms with van der Waals surface area (Å²) in [6.07, 6.45) is 1.92. The maximum absolute atomic E-state index is 14.2. The Morgan fingerprint density at radius 2 is 1.65 bits per heavy atom. The Morgan fingerprint density at radius 3 is 2.38 bits per heavy atom. The number of hydrogen-bond acceptors (Lipinski definition) is 3. The number of nitrogens with one attached hydrogen (secondary N) is 1. The lowest BCUT2D eigenvalue weighted by molar-refractivity contribution is -0.0585. The monoisotopic (exact) mass is 459 g/mol. The Bertz CT molecular complexity index is 1120. The molecule has 2 aliphatic heterocycles. The largest absolute Gasteiger partial charge is 0.395 e. The SMILES string of the molecule is O=C(Nc1ccccc1)N1CCCCN2[C@H](CO)[C@H](c3ccc(-c4ccccc4F)cc3)[C@@H]2C1. The molecule has 0 saturated carbocycles. The highest BCUT2D eigenvalue weighted by Gasteiger charge is 2.49. The molecule has 5 rings (SSSR count). The average molecular weight is 460 g/mol. The molecular formula is C28H30FN3O2. The van der Waals surface area contributed by atoms with E-state index in [-0.39, 0.29) is 36.5 Å². The van der Waals surface area contributed by atoms with Crippen LogP contribution in [0.2, 0.25) is 0 Å². The lowest BCUT2D eigenvalue weighted by Gasteiger charge is -2.57. The van der Waals surface area contributed by atoms with E-state index in [0.29, 0.717) is 18.7 Å². The number of nitrogens with zero attached hydrogens (tertiary/aromatic N) is 2. The van der Waals surface area contributed by atoms with E-state index in [9.17, 15) is 14.3 Å². The molecule has 2 fully saturated rings. The van der Waals surface area contributed by atoms with Crippen LogP contribution in [0.25, 0.3) is 11.1 Å². The molecule has 34 heavy (non-hydrogen) atoms. The lowest BCUT2D eigenvalue weighted by atomic mass is 9.74. The number of fused-ring (bicyclic) bond motifs is 1. The minimum atomic E-state index is -0.238. The van der Waals surface area contributed by atoms with Gasteiger partial charge in [0.1, 0.15) is 5.82 Å². The highest BCUT2D eigenvalue weighted by atomic mass is 19.1. The molecule has 0 spiro atoms. The number of anilines is 1. The summed E-state index contributed by atoms with van der Waals surface area (Å²) in [5, 5.41) is 13.2. The molecule has 2 amide bonds. The molecule has 0 radical (unpaired) electrons. The van der Waals surface area contributed by atoms with Crippen LogP contribution < -0.4 is 5.32 Å². The Balaban J connectivity index is 1.36. The molecule has 3 atom stereocenters. The van der Waals surface area contributed by atoms with Gasteiger partial charge in [-0.25, -0.2) is 9.18 Å². The molecular weight excluding hydrogens is 429 g/mol. The van der Waals surface area contributed by atoms with Crippen LogP contribution in [0.5, 0.6) is 0 Å². The first kappa shape index (κ1) is 22.6. The highest BCUT2D eigenvalue weighted by Crippen LogP contribution is 2.42. The smallest absolute Gasteiger partial charge is 0.321 e. The van der Waals surface area contributed by atoms with Gasteiger partial charge in [-0.15, -0.1) is 0 Å². The molecule has 0 bridgehead atoms. The molecule has 2 N–H and O–H groups in total. The van der Waals surface area contributed by atoms with Crippen molar-refractivity contribution in [3.63, 3.8) is 0 Å². The van der Waals surface area contributed by atoms with Crippen LogP contribution in [0.3, 0.4) is 0 Å². The molecule has 3 aromatic carbocycles. The standard InChI is InChI=1S/C28H30FN3O2/c29-24-11-5-4-10-23(24)20-12-14-21(15-13-20)27-25-18-31(16-6-7-17-32(25)26(27)19-33)28(34)30-22-8-2-1-3-9-22/h1-5,8-15,25-27,33H,6-7,16-19H2,(H,30,34)/t25-,26+,27+/m0/s1. The highest BCUT2D eigenvalue weighted by molar-refractivity contribution is 5.89. The molecule has 6 heteroatoms. The number of urea groups is 1. The Kier molecular flexibility index (Phi) is 6.61. The second-order valence-electron chi connectivity index (χ2n) is 9.13. The van der Waals surface area contributed by atoms with E-state index in [0.717, 1.165) is 36.2 Å². The summed E-state index contributed by atoms with van der Waals surface area (Å²) in [7, 11) is 0. The number of aliphatic hydroxyl groups is 1. The minimum absolute atomic E-state index is 0.0291. The quantitative estimate of drug-likeness (QED) is 0.581. The first-order valence-electron chi connectivity index (χ1n) is 12.0. The predicted molar refractivity (Wildman–Crippen MR) is 132 cm³/mol. The molecule has 0 aliphatic carbocycles. The zero-order valence-corrected chi connectivity index (χ0v) is 19.1. The zero-order chi connectivity index (χ0) is 23.5. The van der Waals surface area contributed by atoms with Gasteiger partial charge in [0.2, 0.25) is 0 Å². The van der Waals surface area contributed by atoms with E-state index < -0.39 is 0 Å². The average Bonchev–Trinajstić information content (AvgIpc) is 2.84. The van der Waals surface area contributed by atoms with Crippen LogP contribution in [-0.4, -0.2) is 59.3 Å². The first-order valence-corrected chi connectivity index (χ1v) is 12.0. The van der Waals surface area contributed by atoms with Gasteiger partial charge in [-0.05, 0) is 48.7 Å². The van der Waals surface area contributed by atoms with Crippen molar-refractivity contribution in [3.8, 4) is 11.1 Å². The van der Waals surface area contributed by atoms with E-state index in [4.69, 9.17) is 0 Å². The summed E-state index contributed by atoms with van der Waals surface area (Å²) in [5.41, 5.74) is 3.32. The molecule has 3 aromatic rings. The molecule has 5 nitrogen and oxygen atoms in total. The van der Waals surface area contributed by atoms with Gasteiger partial charge in [-0.3, -0.25) is 4.90 Å². The van der Waals surface area contributed by atoms with Gasteiger partial charge in [0, 0.05) is 42.3 Å². The van der Waals surface area contributed by atoms with E-state index in [1.54, 1.807) is 12.1 Å². The molecule has 2 aliphatic rings. The summed E-state index contributed by atoms with van der Waals surface area (Å²) in [6.45, 7) is 2.32. The third-order valence-corrected chi connectivity index (χ3v) is 7.16. The lowest BCUT2D eigenvalue weighted by Crippen LogP contribution is -2.68. The summed E-state index contributed by atoms with van der Waals surface area (Å²) in [6, 6.07) is 24.4. The van der Waals surface area contributed by atoms with Gasteiger partial charge >= 0.3 is 6.03 Å². The molecule has 2 saturated heterocycles. The van der Waals surface area contributed by atoms with E-state index in [1.165, 1.54) is 6.07 Å². The van der Waals surface area contributed by atoms with Crippen LogP contribution in [0.4, 0.5) is 14.9 Å². The van der Waals surface area contributed by atoms with E-state index in [1.807, 2.05) is 65.6 Å². The van der Waals surface area contributed by atoms with Gasteiger partial charge in [0.15, 0.2) is 0 Å². The van der Waals surface area contributed by atoms with Crippen molar-refractivity contribution >= 4 is 11.7 Å². The maximum Gasteiger partial charge on any atom is 0.321 e. The van der Waals surface area contributed by atoms with Gasteiger partial charge < -0.3 is 15.3 Å². The molecule has 0 aromatic heterocycles. The number of amides is 2. The van der Waals surface area contributed by atoms with Crippen molar-refractivity contribution in [2.75, 3.05) is 31.6 Å². The normalized spacial score (nSPS) is 22.8. The van der Waals surface area contributed by atoms with Gasteiger partial charge in [-0.1, -0.05) is 60.7 Å². The Morgan fingerprint density at radius 1 is 0.941 bits per heavy atom. The van der Waals surface area contributed by atoms with Crippen molar-refractivity contribution in [1.82, 2.24) is 9.80 Å². The molecule has 0 unspecified atom stereocenters. The number of halogens is 1. The van der Waals surface area contributed by atoms with Crippen LogP contribution >= 0.6 is 0 Å². The minimum Gasteiger partial charge on any atom is -0.395 e. The summed E-state index contributed by atoms with van der Waals surface area (Å²) in [5.74, 6) is -0.122.